The third kappa shape index (κ3) is 5.71. The molecule has 152 valence electrons. The zero-order valence-electron chi connectivity index (χ0n) is 16.1. The van der Waals surface area contributed by atoms with Crippen molar-refractivity contribution in [2.75, 3.05) is 12.4 Å². The minimum atomic E-state index is -0.487. The van der Waals surface area contributed by atoms with Crippen molar-refractivity contribution in [1.82, 2.24) is 10.3 Å². The number of ether oxygens (including phenoxy) is 1. The quantitative estimate of drug-likeness (QED) is 0.385. The third-order valence-corrected chi connectivity index (χ3v) is 4.05. The smallest absolute Gasteiger partial charge is 0.337 e. The van der Waals surface area contributed by atoms with E-state index in [4.69, 9.17) is 0 Å². The van der Waals surface area contributed by atoms with Crippen LogP contribution in [0.4, 0.5) is 10.1 Å². The predicted molar refractivity (Wildman–Crippen MR) is 111 cm³/mol. The van der Waals surface area contributed by atoms with Crippen LogP contribution in [0, 0.1) is 5.82 Å². The maximum Gasteiger partial charge on any atom is 0.337 e. The van der Waals surface area contributed by atoms with Crippen molar-refractivity contribution in [3.05, 3.63) is 95.6 Å². The highest BCUT2D eigenvalue weighted by molar-refractivity contribution is 6.10. The second-order valence-corrected chi connectivity index (χ2v) is 6.18. The van der Waals surface area contributed by atoms with Crippen LogP contribution in [-0.4, -0.2) is 29.9 Å². The summed E-state index contributed by atoms with van der Waals surface area (Å²) >= 11 is 0. The number of aliphatic imine (C=N–C) groups is 1. The summed E-state index contributed by atoms with van der Waals surface area (Å²) in [6.07, 6.45) is 3.33. The topological polar surface area (TPSA) is 92.7 Å². The molecule has 0 bridgehead atoms. The van der Waals surface area contributed by atoms with Gasteiger partial charge in [-0.15, -0.1) is 0 Å². The highest BCUT2D eigenvalue weighted by atomic mass is 19.1. The number of hydrogen-bond acceptors (Lipinski definition) is 5. The average Bonchev–Trinajstić information content (AvgIpc) is 2.79. The van der Waals surface area contributed by atoms with Crippen LogP contribution in [0.3, 0.4) is 0 Å². The van der Waals surface area contributed by atoms with Crippen molar-refractivity contribution in [1.29, 1.82) is 0 Å². The van der Waals surface area contributed by atoms with Crippen LogP contribution in [0.5, 0.6) is 0 Å². The summed E-state index contributed by atoms with van der Waals surface area (Å²) in [5, 5.41) is 5.67. The highest BCUT2D eigenvalue weighted by Gasteiger charge is 2.12. The molecule has 7 nitrogen and oxygen atoms in total. The first-order valence-corrected chi connectivity index (χ1v) is 9.01. The number of pyridine rings is 1. The molecule has 3 aromatic rings. The molecule has 0 fully saturated rings. The number of benzene rings is 2. The summed E-state index contributed by atoms with van der Waals surface area (Å²) in [4.78, 5) is 32.6. The van der Waals surface area contributed by atoms with E-state index in [1.807, 2.05) is 6.07 Å². The molecule has 0 saturated carbocycles. The lowest BCUT2D eigenvalue weighted by molar-refractivity contribution is 0.0600. The van der Waals surface area contributed by atoms with Crippen LogP contribution in [-0.2, 0) is 11.3 Å². The zero-order valence-corrected chi connectivity index (χ0v) is 16.1. The number of nitrogens with zero attached hydrogens (tertiary/aromatic N) is 2. The van der Waals surface area contributed by atoms with Gasteiger partial charge in [0, 0.05) is 23.6 Å². The highest BCUT2D eigenvalue weighted by Crippen LogP contribution is 2.10. The van der Waals surface area contributed by atoms with E-state index in [2.05, 4.69) is 25.3 Å². The number of hydrogen-bond donors (Lipinski definition) is 2. The van der Waals surface area contributed by atoms with Gasteiger partial charge < -0.3 is 10.1 Å². The van der Waals surface area contributed by atoms with Gasteiger partial charge in [0.2, 0.25) is 5.96 Å². The molecule has 3 rings (SSSR count). The molecule has 30 heavy (non-hydrogen) atoms. The van der Waals surface area contributed by atoms with Gasteiger partial charge >= 0.3 is 5.97 Å². The lowest BCUT2D eigenvalue weighted by atomic mass is 10.1. The van der Waals surface area contributed by atoms with E-state index in [9.17, 15) is 14.0 Å². The number of methoxy groups -OCH3 is 1. The van der Waals surface area contributed by atoms with Gasteiger partial charge in [-0.1, -0.05) is 6.07 Å². The first-order valence-electron chi connectivity index (χ1n) is 9.01. The summed E-state index contributed by atoms with van der Waals surface area (Å²) in [5.41, 5.74) is 2.08. The molecular formula is C22H19FN4O3. The van der Waals surface area contributed by atoms with Gasteiger partial charge in [-0.3, -0.25) is 15.1 Å². The van der Waals surface area contributed by atoms with Gasteiger partial charge in [0.15, 0.2) is 0 Å². The Morgan fingerprint density at radius 2 is 1.73 bits per heavy atom. The van der Waals surface area contributed by atoms with E-state index >= 15 is 0 Å². The fraction of sp³-hybridized carbons (Fsp3) is 0.0909. The molecule has 0 atom stereocenters. The van der Waals surface area contributed by atoms with Gasteiger partial charge in [0.25, 0.3) is 5.91 Å². The number of guanidine groups is 1. The first kappa shape index (κ1) is 20.7. The van der Waals surface area contributed by atoms with Crippen LogP contribution in [0.25, 0.3) is 0 Å². The molecule has 1 amide bonds. The predicted octanol–water partition coefficient (Wildman–Crippen LogP) is 3.41. The van der Waals surface area contributed by atoms with Crippen LogP contribution >= 0.6 is 0 Å². The Labute approximate surface area is 172 Å². The molecule has 0 unspecified atom stereocenters. The van der Waals surface area contributed by atoms with Crippen molar-refractivity contribution in [3.63, 3.8) is 0 Å². The Kier molecular flexibility index (Phi) is 6.83. The molecule has 8 heteroatoms. The Hall–Kier alpha value is -4.07. The Balaban J connectivity index is 1.77. The SMILES string of the molecule is COC(=O)c1ccc(C(=O)NC(=NCc2cccnc2)Nc2ccc(F)cc2)cc1. The number of aromatic nitrogens is 1. The maximum atomic E-state index is 13.2. The van der Waals surface area contributed by atoms with Crippen LogP contribution in [0.2, 0.25) is 0 Å². The van der Waals surface area contributed by atoms with Crippen LogP contribution in [0.1, 0.15) is 26.3 Å². The molecule has 0 spiro atoms. The standard InChI is InChI=1S/C22H19FN4O3/c1-30-21(29)17-6-4-16(5-7-17)20(28)27-22(25-14-15-3-2-12-24-13-15)26-19-10-8-18(23)9-11-19/h2-13H,14H2,1H3,(H2,25,26,27,28). The number of esters is 1. The number of carbonyl (C=O) groups excluding carboxylic acids is 2. The second-order valence-electron chi connectivity index (χ2n) is 6.18. The molecular weight excluding hydrogens is 387 g/mol. The monoisotopic (exact) mass is 406 g/mol. The number of carbonyl (C=O) groups is 2. The van der Waals surface area contributed by atoms with E-state index in [0.29, 0.717) is 16.8 Å². The van der Waals surface area contributed by atoms with Crippen LogP contribution < -0.4 is 10.6 Å². The summed E-state index contributed by atoms with van der Waals surface area (Å²) in [6.45, 7) is 0.277. The summed E-state index contributed by atoms with van der Waals surface area (Å²) in [6, 6.07) is 15.3. The van der Waals surface area contributed by atoms with Gasteiger partial charge in [0.1, 0.15) is 5.82 Å². The van der Waals surface area contributed by atoms with Gasteiger partial charge in [-0.05, 0) is 60.2 Å². The van der Waals surface area contributed by atoms with E-state index in [1.54, 1.807) is 18.5 Å². The van der Waals surface area contributed by atoms with Crippen molar-refractivity contribution in [2.24, 2.45) is 4.99 Å². The Morgan fingerprint density at radius 1 is 1.03 bits per heavy atom. The molecule has 0 saturated heterocycles. The number of anilines is 1. The van der Waals surface area contributed by atoms with E-state index in [1.165, 1.54) is 55.6 Å². The largest absolute Gasteiger partial charge is 0.465 e. The lowest BCUT2D eigenvalue weighted by Gasteiger charge is -2.12. The van der Waals surface area contributed by atoms with E-state index < -0.39 is 11.9 Å². The number of amides is 1. The summed E-state index contributed by atoms with van der Waals surface area (Å²) in [7, 11) is 1.29. The summed E-state index contributed by atoms with van der Waals surface area (Å²) in [5.74, 6) is -1.10. The first-order chi connectivity index (χ1) is 14.5. The van der Waals surface area contributed by atoms with Crippen molar-refractivity contribution >= 4 is 23.5 Å². The maximum absolute atomic E-state index is 13.2. The minimum Gasteiger partial charge on any atom is -0.465 e. The van der Waals surface area contributed by atoms with Crippen LogP contribution in [0.15, 0.2) is 78.0 Å². The molecule has 2 aromatic carbocycles. The van der Waals surface area contributed by atoms with Gasteiger partial charge in [-0.2, -0.15) is 0 Å². The van der Waals surface area contributed by atoms with Gasteiger partial charge in [-0.25, -0.2) is 14.2 Å². The fourth-order valence-corrected chi connectivity index (χ4v) is 2.50. The van der Waals surface area contributed by atoms with Gasteiger partial charge in [0.05, 0.1) is 19.2 Å². The van der Waals surface area contributed by atoms with Crippen molar-refractivity contribution < 1.29 is 18.7 Å². The minimum absolute atomic E-state index is 0.188. The molecule has 0 aliphatic heterocycles. The Bertz CT molecular complexity index is 1040. The van der Waals surface area contributed by atoms with E-state index in [0.717, 1.165) is 5.56 Å². The van der Waals surface area contributed by atoms with Crippen molar-refractivity contribution in [3.8, 4) is 0 Å². The average molecular weight is 406 g/mol. The van der Waals surface area contributed by atoms with Crippen molar-refractivity contribution in [2.45, 2.75) is 6.54 Å². The third-order valence-electron chi connectivity index (χ3n) is 4.05. The Morgan fingerprint density at radius 3 is 2.37 bits per heavy atom. The number of nitrogens with one attached hydrogen (secondary N) is 2. The number of rotatable bonds is 5. The zero-order chi connectivity index (χ0) is 21.3. The second kappa shape index (κ2) is 9.92. The molecule has 2 N–H and O–H groups in total. The molecule has 0 radical (unpaired) electrons. The fourth-order valence-electron chi connectivity index (χ4n) is 2.50. The van der Waals surface area contributed by atoms with E-state index in [-0.39, 0.29) is 18.3 Å². The number of halogens is 1. The molecule has 0 aliphatic rings. The molecule has 0 aliphatic carbocycles. The molecule has 1 heterocycles. The summed E-state index contributed by atoms with van der Waals surface area (Å²) < 4.78 is 17.8. The normalized spacial score (nSPS) is 10.9. The lowest BCUT2D eigenvalue weighted by Crippen LogP contribution is -2.36. The molecule has 1 aromatic heterocycles.